The quantitative estimate of drug-likeness (QED) is 0.658. The summed E-state index contributed by atoms with van der Waals surface area (Å²) in [6, 6.07) is 0.878. The van der Waals surface area contributed by atoms with Gasteiger partial charge in [-0.2, -0.15) is 5.26 Å². The van der Waals surface area contributed by atoms with Crippen LogP contribution in [0.1, 0.15) is 0 Å². The van der Waals surface area contributed by atoms with Crippen molar-refractivity contribution < 1.29 is 19.4 Å². The number of carbonyl (C=O) groups excluding carboxylic acids is 1. The molecule has 0 aromatic carbocycles. The summed E-state index contributed by atoms with van der Waals surface area (Å²) in [5.41, 5.74) is 0. The second kappa shape index (κ2) is 4.72. The largest absolute Gasteiger partial charge is 0.465 e. The van der Waals surface area contributed by atoms with Gasteiger partial charge in [0.05, 0.1) is 5.88 Å². The third kappa shape index (κ3) is 2.29. The number of ether oxygens (including phenoxy) is 1. The molecule has 0 bridgehead atoms. The van der Waals surface area contributed by atoms with Crippen LogP contribution in [0, 0.1) is 11.3 Å². The Bertz CT molecular complexity index is 288. The van der Waals surface area contributed by atoms with E-state index in [1.54, 1.807) is 6.07 Å². The molecular formula is C7H8N2O4S. The zero-order valence-electron chi connectivity index (χ0n) is 7.17. The molecule has 0 spiro atoms. The fourth-order valence-corrected chi connectivity index (χ4v) is 2.16. The first-order chi connectivity index (χ1) is 6.66. The first-order valence-electron chi connectivity index (χ1n) is 3.77. The minimum Gasteiger partial charge on any atom is -0.465 e. The van der Waals surface area contributed by atoms with Crippen molar-refractivity contribution in [3.8, 4) is 6.07 Å². The number of hydrogen-bond donors (Lipinski definition) is 1. The normalized spacial score (nSPS) is 20.2. The highest BCUT2D eigenvalue weighted by Crippen LogP contribution is 2.21. The van der Waals surface area contributed by atoms with Crippen molar-refractivity contribution in [2.75, 3.05) is 18.2 Å². The maximum Gasteiger partial charge on any atom is 0.408 e. The number of esters is 1. The van der Waals surface area contributed by atoms with E-state index >= 15 is 0 Å². The monoisotopic (exact) mass is 216 g/mol. The van der Waals surface area contributed by atoms with Crippen LogP contribution in [0.2, 0.25) is 0 Å². The third-order valence-corrected chi connectivity index (χ3v) is 2.69. The van der Waals surface area contributed by atoms with Crippen molar-refractivity contribution >= 4 is 23.8 Å². The van der Waals surface area contributed by atoms with Crippen molar-refractivity contribution in [3.05, 3.63) is 0 Å². The van der Waals surface area contributed by atoms with Crippen LogP contribution >= 0.6 is 11.8 Å². The minimum atomic E-state index is -1.14. The van der Waals surface area contributed by atoms with Crippen molar-refractivity contribution in [2.24, 2.45) is 0 Å². The molecule has 6 nitrogen and oxygen atoms in total. The van der Waals surface area contributed by atoms with E-state index in [2.05, 4.69) is 4.74 Å². The SMILES string of the molecule is N#CCOC(=O)C1CSCN1C(=O)O. The van der Waals surface area contributed by atoms with Crippen LogP contribution in [-0.2, 0) is 9.53 Å². The van der Waals surface area contributed by atoms with Gasteiger partial charge in [0, 0.05) is 5.75 Å². The highest BCUT2D eigenvalue weighted by molar-refractivity contribution is 7.99. The Labute approximate surface area is 84.4 Å². The van der Waals surface area contributed by atoms with E-state index < -0.39 is 18.1 Å². The Morgan fingerprint density at radius 2 is 2.43 bits per heavy atom. The lowest BCUT2D eigenvalue weighted by Gasteiger charge is -2.17. The molecular weight excluding hydrogens is 208 g/mol. The molecule has 0 aliphatic carbocycles. The van der Waals surface area contributed by atoms with Crippen LogP contribution < -0.4 is 0 Å². The minimum absolute atomic E-state index is 0.266. The van der Waals surface area contributed by atoms with Gasteiger partial charge in [0.15, 0.2) is 6.61 Å². The van der Waals surface area contributed by atoms with Crippen molar-refractivity contribution in [3.63, 3.8) is 0 Å². The highest BCUT2D eigenvalue weighted by Gasteiger charge is 2.35. The molecule has 1 atom stereocenters. The fourth-order valence-electron chi connectivity index (χ4n) is 1.03. The Kier molecular flexibility index (Phi) is 3.59. The van der Waals surface area contributed by atoms with E-state index in [9.17, 15) is 9.59 Å². The molecule has 1 unspecified atom stereocenters. The zero-order valence-corrected chi connectivity index (χ0v) is 7.99. The van der Waals surface area contributed by atoms with Crippen molar-refractivity contribution in [2.45, 2.75) is 6.04 Å². The van der Waals surface area contributed by atoms with Crippen LogP contribution in [0.4, 0.5) is 4.79 Å². The van der Waals surface area contributed by atoms with Gasteiger partial charge in [0.1, 0.15) is 12.1 Å². The molecule has 7 heteroatoms. The molecule has 1 aliphatic rings. The van der Waals surface area contributed by atoms with Crippen LogP contribution in [0.15, 0.2) is 0 Å². The predicted molar refractivity (Wildman–Crippen MR) is 47.5 cm³/mol. The summed E-state index contributed by atoms with van der Waals surface area (Å²) in [4.78, 5) is 22.9. The average Bonchev–Trinajstić information content (AvgIpc) is 2.62. The molecule has 1 N–H and O–H groups in total. The molecule has 0 saturated carbocycles. The van der Waals surface area contributed by atoms with Gasteiger partial charge in [-0.05, 0) is 0 Å². The smallest absolute Gasteiger partial charge is 0.408 e. The van der Waals surface area contributed by atoms with E-state index in [0.717, 1.165) is 4.90 Å². The number of carboxylic acid groups (broad SMARTS) is 1. The lowest BCUT2D eigenvalue weighted by atomic mass is 10.3. The Morgan fingerprint density at radius 3 is 3.00 bits per heavy atom. The molecule has 0 aromatic rings. The van der Waals surface area contributed by atoms with Gasteiger partial charge in [-0.15, -0.1) is 11.8 Å². The van der Waals surface area contributed by atoms with E-state index in [0.29, 0.717) is 5.75 Å². The van der Waals surface area contributed by atoms with Crippen molar-refractivity contribution in [1.29, 1.82) is 5.26 Å². The zero-order chi connectivity index (χ0) is 10.6. The summed E-state index contributed by atoms with van der Waals surface area (Å²) in [5, 5.41) is 16.9. The van der Waals surface area contributed by atoms with Crippen LogP contribution in [-0.4, -0.2) is 46.3 Å². The standard InChI is InChI=1S/C7H8N2O4S/c8-1-2-13-6(10)5-3-14-4-9(5)7(11)12/h5H,2-4H2,(H,11,12). The molecule has 1 rings (SSSR count). The Hall–Kier alpha value is -1.42. The number of hydrogen-bond acceptors (Lipinski definition) is 5. The summed E-state index contributed by atoms with van der Waals surface area (Å²) in [7, 11) is 0. The molecule has 0 radical (unpaired) electrons. The second-order valence-corrected chi connectivity index (χ2v) is 3.53. The van der Waals surface area contributed by atoms with E-state index in [4.69, 9.17) is 10.4 Å². The first kappa shape index (κ1) is 10.7. The maximum absolute atomic E-state index is 11.2. The maximum atomic E-state index is 11.2. The molecule has 76 valence electrons. The third-order valence-electron chi connectivity index (χ3n) is 1.68. The summed E-state index contributed by atoms with van der Waals surface area (Å²) < 4.78 is 4.54. The number of amides is 1. The number of nitriles is 1. The lowest BCUT2D eigenvalue weighted by molar-refractivity contribution is -0.146. The van der Waals surface area contributed by atoms with Crippen molar-refractivity contribution in [1.82, 2.24) is 4.90 Å². The number of rotatable bonds is 2. The lowest BCUT2D eigenvalue weighted by Crippen LogP contribution is -2.42. The summed E-state index contributed by atoms with van der Waals surface area (Å²) >= 11 is 1.34. The van der Waals surface area contributed by atoms with E-state index in [1.165, 1.54) is 11.8 Å². The molecule has 1 fully saturated rings. The average molecular weight is 216 g/mol. The van der Waals surface area contributed by atoms with Gasteiger partial charge in [0.25, 0.3) is 0 Å². The summed E-state index contributed by atoms with van der Waals surface area (Å²) in [6.07, 6.45) is -1.14. The number of carbonyl (C=O) groups is 2. The molecule has 14 heavy (non-hydrogen) atoms. The van der Waals surface area contributed by atoms with Crippen LogP contribution in [0.5, 0.6) is 0 Å². The van der Waals surface area contributed by atoms with E-state index in [1.807, 2.05) is 0 Å². The number of nitrogens with zero attached hydrogens (tertiary/aromatic N) is 2. The number of thioether (sulfide) groups is 1. The van der Waals surface area contributed by atoms with E-state index in [-0.39, 0.29) is 12.5 Å². The molecule has 1 amide bonds. The van der Waals surface area contributed by atoms with Gasteiger partial charge in [-0.3, -0.25) is 4.90 Å². The first-order valence-corrected chi connectivity index (χ1v) is 4.93. The predicted octanol–water partition coefficient (Wildman–Crippen LogP) is 0.106. The Balaban J connectivity index is 2.54. The molecule has 1 heterocycles. The topological polar surface area (TPSA) is 90.6 Å². The highest BCUT2D eigenvalue weighted by atomic mass is 32.2. The Morgan fingerprint density at radius 1 is 1.71 bits per heavy atom. The van der Waals surface area contributed by atoms with Gasteiger partial charge >= 0.3 is 12.1 Å². The summed E-state index contributed by atoms with van der Waals surface area (Å²) in [6.45, 7) is -0.340. The fraction of sp³-hybridized carbons (Fsp3) is 0.571. The molecule has 1 aliphatic heterocycles. The second-order valence-electron chi connectivity index (χ2n) is 2.53. The summed E-state index contributed by atoms with van der Waals surface area (Å²) in [5.74, 6) is -0.00274. The van der Waals surface area contributed by atoms with Gasteiger partial charge in [-0.1, -0.05) is 0 Å². The van der Waals surface area contributed by atoms with Gasteiger partial charge < -0.3 is 9.84 Å². The van der Waals surface area contributed by atoms with Gasteiger partial charge in [-0.25, -0.2) is 9.59 Å². The molecule has 0 aromatic heterocycles. The van der Waals surface area contributed by atoms with Crippen LogP contribution in [0.25, 0.3) is 0 Å². The molecule has 1 saturated heterocycles. The van der Waals surface area contributed by atoms with Gasteiger partial charge in [0.2, 0.25) is 0 Å². The van der Waals surface area contributed by atoms with Crippen LogP contribution in [0.3, 0.4) is 0 Å².